The number of amides is 1. The summed E-state index contributed by atoms with van der Waals surface area (Å²) in [5, 5.41) is 13.1. The standard InChI is InChI=1S/C14H16N2O2S/c1-7-2-3-11-10(4-7)12(15)13(19-11)14(18)16-8-5-9(17)6-8/h2-4,8-9,17H,5-6,15H2,1H3,(H,16,18). The van der Waals surface area contributed by atoms with Gasteiger partial charge in [-0.15, -0.1) is 11.3 Å². The van der Waals surface area contributed by atoms with Crippen molar-refractivity contribution in [3.8, 4) is 0 Å². The molecule has 4 N–H and O–H groups in total. The summed E-state index contributed by atoms with van der Waals surface area (Å²) < 4.78 is 1.03. The van der Waals surface area contributed by atoms with Gasteiger partial charge in [0, 0.05) is 16.1 Å². The Labute approximate surface area is 115 Å². The molecule has 1 amide bonds. The Morgan fingerprint density at radius 2 is 2.21 bits per heavy atom. The van der Waals surface area contributed by atoms with Gasteiger partial charge in [-0.1, -0.05) is 11.6 Å². The van der Waals surface area contributed by atoms with E-state index in [9.17, 15) is 9.90 Å². The minimum absolute atomic E-state index is 0.0776. The smallest absolute Gasteiger partial charge is 0.263 e. The third-order valence-electron chi connectivity index (χ3n) is 3.54. The van der Waals surface area contributed by atoms with Crippen LogP contribution >= 0.6 is 11.3 Å². The fourth-order valence-electron chi connectivity index (χ4n) is 2.36. The average Bonchev–Trinajstić information content (AvgIpc) is 2.65. The lowest BCUT2D eigenvalue weighted by molar-refractivity contribution is 0.0565. The van der Waals surface area contributed by atoms with Crippen LogP contribution in [-0.4, -0.2) is 23.2 Å². The Morgan fingerprint density at radius 1 is 1.47 bits per heavy atom. The number of aliphatic hydroxyl groups is 1. The predicted molar refractivity (Wildman–Crippen MR) is 77.5 cm³/mol. The molecule has 1 fully saturated rings. The van der Waals surface area contributed by atoms with Crippen molar-refractivity contribution in [2.75, 3.05) is 5.73 Å². The van der Waals surface area contributed by atoms with Crippen molar-refractivity contribution in [1.29, 1.82) is 0 Å². The number of carbonyl (C=O) groups is 1. The molecule has 0 bridgehead atoms. The van der Waals surface area contributed by atoms with Crippen molar-refractivity contribution in [1.82, 2.24) is 5.32 Å². The fraction of sp³-hybridized carbons (Fsp3) is 0.357. The molecule has 0 radical (unpaired) electrons. The molecule has 1 aromatic carbocycles. The number of nitrogens with two attached hydrogens (primary N) is 1. The highest BCUT2D eigenvalue weighted by molar-refractivity contribution is 7.21. The first-order valence-corrected chi connectivity index (χ1v) is 7.14. The molecule has 100 valence electrons. The summed E-state index contributed by atoms with van der Waals surface area (Å²) in [5.74, 6) is -0.131. The normalized spacial score (nSPS) is 22.2. The van der Waals surface area contributed by atoms with Gasteiger partial charge in [0.15, 0.2) is 0 Å². The Balaban J connectivity index is 1.87. The number of aryl methyl sites for hydroxylation is 1. The van der Waals surface area contributed by atoms with Crippen LogP contribution in [0.1, 0.15) is 28.1 Å². The van der Waals surface area contributed by atoms with E-state index in [2.05, 4.69) is 5.32 Å². The van der Waals surface area contributed by atoms with Gasteiger partial charge in [0.1, 0.15) is 4.88 Å². The van der Waals surface area contributed by atoms with E-state index < -0.39 is 0 Å². The van der Waals surface area contributed by atoms with Gasteiger partial charge in [0.05, 0.1) is 11.8 Å². The first-order valence-electron chi connectivity index (χ1n) is 6.32. The summed E-state index contributed by atoms with van der Waals surface area (Å²) in [4.78, 5) is 12.7. The van der Waals surface area contributed by atoms with Crippen LogP contribution in [0, 0.1) is 6.92 Å². The van der Waals surface area contributed by atoms with Gasteiger partial charge in [-0.2, -0.15) is 0 Å². The van der Waals surface area contributed by atoms with Crippen LogP contribution in [0.3, 0.4) is 0 Å². The highest BCUT2D eigenvalue weighted by Crippen LogP contribution is 2.34. The van der Waals surface area contributed by atoms with Crippen LogP contribution in [0.15, 0.2) is 18.2 Å². The molecule has 5 heteroatoms. The Morgan fingerprint density at radius 3 is 2.89 bits per heavy atom. The largest absolute Gasteiger partial charge is 0.397 e. The summed E-state index contributed by atoms with van der Waals surface area (Å²) in [6, 6.07) is 6.09. The molecule has 19 heavy (non-hydrogen) atoms. The first-order chi connectivity index (χ1) is 9.04. The highest BCUT2D eigenvalue weighted by Gasteiger charge is 2.29. The molecule has 0 unspecified atom stereocenters. The molecule has 2 aromatic rings. The number of carbonyl (C=O) groups excluding carboxylic acids is 1. The predicted octanol–water partition coefficient (Wildman–Crippen LogP) is 2.05. The monoisotopic (exact) mass is 276 g/mol. The van der Waals surface area contributed by atoms with Crippen molar-refractivity contribution < 1.29 is 9.90 Å². The van der Waals surface area contributed by atoms with Crippen LogP contribution < -0.4 is 11.1 Å². The quantitative estimate of drug-likeness (QED) is 0.785. The van der Waals surface area contributed by atoms with E-state index in [4.69, 9.17) is 5.73 Å². The molecular weight excluding hydrogens is 260 g/mol. The van der Waals surface area contributed by atoms with Gasteiger partial charge in [0.2, 0.25) is 0 Å². The minimum atomic E-state index is -0.271. The van der Waals surface area contributed by atoms with E-state index >= 15 is 0 Å². The van der Waals surface area contributed by atoms with Gasteiger partial charge < -0.3 is 16.2 Å². The number of benzene rings is 1. The number of rotatable bonds is 2. The van der Waals surface area contributed by atoms with Crippen LogP contribution in [-0.2, 0) is 0 Å². The Kier molecular flexibility index (Phi) is 2.95. The third-order valence-corrected chi connectivity index (χ3v) is 4.72. The lowest BCUT2D eigenvalue weighted by Gasteiger charge is -2.31. The number of thiophene rings is 1. The highest BCUT2D eigenvalue weighted by atomic mass is 32.1. The molecular formula is C14H16N2O2S. The van der Waals surface area contributed by atoms with E-state index in [1.807, 2.05) is 25.1 Å². The molecule has 0 saturated heterocycles. The average molecular weight is 276 g/mol. The molecule has 4 nitrogen and oxygen atoms in total. The topological polar surface area (TPSA) is 75.3 Å². The third kappa shape index (κ3) is 2.19. The number of hydrogen-bond acceptors (Lipinski definition) is 4. The fourth-order valence-corrected chi connectivity index (χ4v) is 3.36. The lowest BCUT2D eigenvalue weighted by atomic mass is 9.89. The molecule has 1 heterocycles. The SMILES string of the molecule is Cc1ccc2sc(C(=O)NC3CC(O)C3)c(N)c2c1. The van der Waals surface area contributed by atoms with E-state index in [0.717, 1.165) is 15.6 Å². The van der Waals surface area contributed by atoms with Crippen molar-refractivity contribution in [2.45, 2.75) is 31.9 Å². The summed E-state index contributed by atoms with van der Waals surface area (Å²) in [6.07, 6.45) is 0.998. The number of anilines is 1. The zero-order valence-electron chi connectivity index (χ0n) is 10.6. The zero-order chi connectivity index (χ0) is 13.6. The Hall–Kier alpha value is -1.59. The second kappa shape index (κ2) is 4.51. The minimum Gasteiger partial charge on any atom is -0.397 e. The van der Waals surface area contributed by atoms with Gasteiger partial charge >= 0.3 is 0 Å². The number of aliphatic hydroxyl groups excluding tert-OH is 1. The molecule has 1 aliphatic rings. The van der Waals surface area contributed by atoms with Gasteiger partial charge in [-0.3, -0.25) is 4.79 Å². The molecule has 0 spiro atoms. The number of fused-ring (bicyclic) bond motifs is 1. The summed E-state index contributed by atoms with van der Waals surface area (Å²) in [5.41, 5.74) is 7.76. The molecule has 0 aliphatic heterocycles. The van der Waals surface area contributed by atoms with Crippen LogP contribution in [0.2, 0.25) is 0 Å². The molecule has 1 saturated carbocycles. The molecule has 3 rings (SSSR count). The molecule has 0 atom stereocenters. The van der Waals surface area contributed by atoms with Crippen molar-refractivity contribution in [3.63, 3.8) is 0 Å². The number of nitrogen functional groups attached to an aromatic ring is 1. The van der Waals surface area contributed by atoms with E-state index in [0.29, 0.717) is 23.4 Å². The van der Waals surface area contributed by atoms with Gasteiger partial charge in [0.25, 0.3) is 5.91 Å². The van der Waals surface area contributed by atoms with Crippen LogP contribution in [0.4, 0.5) is 5.69 Å². The van der Waals surface area contributed by atoms with Crippen LogP contribution in [0.5, 0.6) is 0 Å². The van der Waals surface area contributed by atoms with Crippen molar-refractivity contribution in [3.05, 3.63) is 28.6 Å². The van der Waals surface area contributed by atoms with E-state index in [1.165, 1.54) is 11.3 Å². The summed E-state index contributed by atoms with van der Waals surface area (Å²) in [7, 11) is 0. The van der Waals surface area contributed by atoms with Crippen LogP contribution in [0.25, 0.3) is 10.1 Å². The maximum Gasteiger partial charge on any atom is 0.263 e. The number of hydrogen-bond donors (Lipinski definition) is 3. The van der Waals surface area contributed by atoms with Gasteiger partial charge in [-0.25, -0.2) is 0 Å². The zero-order valence-corrected chi connectivity index (χ0v) is 11.5. The van der Waals surface area contributed by atoms with Gasteiger partial charge in [-0.05, 0) is 31.9 Å². The molecule has 1 aliphatic carbocycles. The summed E-state index contributed by atoms with van der Waals surface area (Å²) >= 11 is 1.42. The maximum atomic E-state index is 12.2. The second-order valence-corrected chi connectivity index (χ2v) is 6.19. The van der Waals surface area contributed by atoms with Crippen molar-refractivity contribution >= 4 is 33.0 Å². The first kappa shape index (κ1) is 12.4. The maximum absolute atomic E-state index is 12.2. The van der Waals surface area contributed by atoms with Crippen molar-refractivity contribution in [2.24, 2.45) is 0 Å². The second-order valence-electron chi connectivity index (χ2n) is 5.14. The summed E-state index contributed by atoms with van der Waals surface area (Å²) in [6.45, 7) is 2.01. The number of nitrogens with one attached hydrogen (secondary N) is 1. The van der Waals surface area contributed by atoms with E-state index in [-0.39, 0.29) is 18.1 Å². The molecule has 1 aromatic heterocycles. The van der Waals surface area contributed by atoms with E-state index in [1.54, 1.807) is 0 Å². The Bertz CT molecular complexity index is 644. The lowest BCUT2D eigenvalue weighted by Crippen LogP contribution is -2.46.